The number of hydrogen-bond donors (Lipinski definition) is 6. The number of fused-ring (bicyclic) bond motifs is 1. The molecule has 2 unspecified atom stereocenters. The maximum Gasteiger partial charge on any atom is 0.490 e. The second kappa shape index (κ2) is 25.7. The van der Waals surface area contributed by atoms with E-state index in [1.165, 1.54) is 65.0 Å². The Labute approximate surface area is 321 Å². The predicted molar refractivity (Wildman–Crippen MR) is 204 cm³/mol. The molecule has 6 N–H and O–H groups in total. The number of nitrogens with zero attached hydrogens (tertiary/aromatic N) is 4. The molecule has 3 rings (SSSR count). The van der Waals surface area contributed by atoms with E-state index >= 15 is 0 Å². The van der Waals surface area contributed by atoms with E-state index in [9.17, 15) is 33.2 Å². The molecule has 2 aromatic rings. The van der Waals surface area contributed by atoms with Gasteiger partial charge in [-0.3, -0.25) is 4.52 Å². The number of hydrogen-bond acceptors (Lipinski definition) is 14. The highest BCUT2D eigenvalue weighted by atomic mass is 35.5. The molecular formula is C30H59ClFN4O13P3S. The van der Waals surface area contributed by atoms with E-state index < -0.39 is 60.3 Å². The van der Waals surface area contributed by atoms with Crippen molar-refractivity contribution in [1.82, 2.24) is 19.7 Å². The van der Waals surface area contributed by atoms with E-state index in [2.05, 4.69) is 95.1 Å². The summed E-state index contributed by atoms with van der Waals surface area (Å²) in [5, 5.41) is 20.5. The van der Waals surface area contributed by atoms with Crippen LogP contribution in [-0.2, 0) is 31.6 Å². The van der Waals surface area contributed by atoms with Gasteiger partial charge in [-0.15, -0.1) is 11.3 Å². The van der Waals surface area contributed by atoms with Gasteiger partial charge >= 0.3 is 23.5 Å². The molecular weight excluding hydrogens is 804 g/mol. The van der Waals surface area contributed by atoms with Crippen LogP contribution in [0.2, 0.25) is 5.02 Å². The third-order valence-corrected chi connectivity index (χ3v) is 13.0. The Balaban J connectivity index is 0.00000105. The monoisotopic (exact) mass is 862 g/mol. The van der Waals surface area contributed by atoms with Crippen LogP contribution < -0.4 is 0 Å². The van der Waals surface area contributed by atoms with E-state index in [0.717, 1.165) is 17.4 Å². The van der Waals surface area contributed by atoms with Crippen molar-refractivity contribution in [1.29, 1.82) is 0 Å². The lowest BCUT2D eigenvalue weighted by molar-refractivity contribution is -0.0222. The lowest BCUT2D eigenvalue weighted by atomic mass is 10.1. The molecule has 1 aromatic heterocycles. The minimum absolute atomic E-state index is 0.0496. The first kappa shape index (κ1) is 52.5. The van der Waals surface area contributed by atoms with Crippen LogP contribution in [0, 0.1) is 5.82 Å². The van der Waals surface area contributed by atoms with E-state index in [1.807, 2.05) is 0 Å². The molecule has 6 atom stereocenters. The van der Waals surface area contributed by atoms with Gasteiger partial charge in [0.1, 0.15) is 34.9 Å². The highest BCUT2D eigenvalue weighted by Gasteiger charge is 2.47. The van der Waals surface area contributed by atoms with Crippen molar-refractivity contribution in [2.45, 2.75) is 86.7 Å². The summed E-state index contributed by atoms with van der Waals surface area (Å²) in [5.74, 6) is -0.729. The van der Waals surface area contributed by atoms with Gasteiger partial charge in [0, 0.05) is 5.02 Å². The molecule has 53 heavy (non-hydrogen) atoms. The van der Waals surface area contributed by atoms with Crippen LogP contribution in [0.4, 0.5) is 4.39 Å². The number of ether oxygens (including phenoxy) is 1. The maximum absolute atomic E-state index is 14.0. The summed E-state index contributed by atoms with van der Waals surface area (Å²) in [6.07, 6.45) is -6.10. The molecule has 23 heteroatoms. The standard InChI is InChI=1S/C12H14ClFNO13P3S.3C6H15N/c13-4-1-5(14)8-7(2-4)32-12(15-8)11-10(17)9(16)6(26-11)3-25-30(21,22)28-31(23,24)27-29(18,19)20;3*1-4-7(5-2)6-3/h1-2,6,9-11,16-17H,3H2,(H,21,22)(H,23,24)(H2,18,19,20);3*4-6H2,1-3H3/t6-,9-,10-,11-;;;/m1.../s1. The Morgan fingerprint density at radius 1 is 0.755 bits per heavy atom. The minimum Gasteiger partial charge on any atom is -0.387 e. The van der Waals surface area contributed by atoms with Crippen LogP contribution in [0.5, 0.6) is 0 Å². The zero-order valence-corrected chi connectivity index (χ0v) is 36.1. The van der Waals surface area contributed by atoms with E-state index in [1.54, 1.807) is 0 Å². The molecule has 0 spiro atoms. The third-order valence-electron chi connectivity index (χ3n) is 7.88. The van der Waals surface area contributed by atoms with Crippen LogP contribution >= 0.6 is 46.4 Å². The van der Waals surface area contributed by atoms with Crippen LogP contribution in [0.25, 0.3) is 10.2 Å². The molecule has 1 aromatic carbocycles. The Kier molecular flexibility index (Phi) is 25.4. The van der Waals surface area contributed by atoms with Crippen LogP contribution in [0.15, 0.2) is 12.1 Å². The number of phosphoric ester groups is 1. The zero-order chi connectivity index (χ0) is 41.2. The van der Waals surface area contributed by atoms with Crippen molar-refractivity contribution in [3.05, 3.63) is 28.0 Å². The molecule has 312 valence electrons. The topological polar surface area (TPSA) is 232 Å². The molecule has 0 aliphatic carbocycles. The molecule has 0 bridgehead atoms. The van der Waals surface area contributed by atoms with Crippen LogP contribution in [0.1, 0.15) is 73.4 Å². The van der Waals surface area contributed by atoms with Crippen molar-refractivity contribution >= 4 is 56.6 Å². The summed E-state index contributed by atoms with van der Waals surface area (Å²) in [7, 11) is -16.7. The van der Waals surface area contributed by atoms with Gasteiger partial charge in [0.2, 0.25) is 0 Å². The molecule has 0 saturated carbocycles. The first-order chi connectivity index (χ1) is 24.6. The maximum atomic E-state index is 14.0. The average molecular weight is 863 g/mol. The molecule has 1 aliphatic rings. The minimum atomic E-state index is -5.72. The average Bonchev–Trinajstić information content (AvgIpc) is 3.62. The number of aromatic nitrogens is 1. The van der Waals surface area contributed by atoms with Gasteiger partial charge in [0.05, 0.1) is 11.3 Å². The Hall–Kier alpha value is -0.500. The summed E-state index contributed by atoms with van der Waals surface area (Å²) in [4.78, 5) is 46.7. The second-order valence-corrected chi connectivity index (χ2v) is 17.0. The summed E-state index contributed by atoms with van der Waals surface area (Å²) in [6, 6.07) is 2.45. The number of thiazole rings is 1. The second-order valence-electron chi connectivity index (χ2n) is 11.1. The normalized spacial score (nSPS) is 21.0. The van der Waals surface area contributed by atoms with Gasteiger partial charge in [-0.2, -0.15) is 8.62 Å². The quantitative estimate of drug-likeness (QED) is 0.106. The van der Waals surface area contributed by atoms with E-state index in [-0.39, 0.29) is 15.5 Å². The summed E-state index contributed by atoms with van der Waals surface area (Å²) >= 11 is 6.69. The van der Waals surface area contributed by atoms with Crippen LogP contribution in [-0.4, -0.2) is 133 Å². The smallest absolute Gasteiger partial charge is 0.387 e. The molecule has 2 heterocycles. The Morgan fingerprint density at radius 2 is 1.19 bits per heavy atom. The molecule has 1 aliphatic heterocycles. The number of aliphatic hydroxyl groups excluding tert-OH is 2. The van der Waals surface area contributed by atoms with Gasteiger partial charge < -0.3 is 49.2 Å². The summed E-state index contributed by atoms with van der Waals surface area (Å²) < 4.78 is 64.9. The van der Waals surface area contributed by atoms with Crippen molar-refractivity contribution < 1.29 is 65.8 Å². The predicted octanol–water partition coefficient (Wildman–Crippen LogP) is 5.64. The molecule has 0 radical (unpaired) electrons. The first-order valence-corrected chi connectivity index (χ1v) is 23.0. The van der Waals surface area contributed by atoms with Gasteiger partial charge in [-0.05, 0) is 71.0 Å². The van der Waals surface area contributed by atoms with E-state index in [0.29, 0.717) is 4.70 Å². The fourth-order valence-electron chi connectivity index (χ4n) is 4.67. The molecule has 1 fully saturated rings. The fraction of sp³-hybridized carbons (Fsp3) is 0.767. The number of halogens is 2. The number of benzene rings is 1. The van der Waals surface area contributed by atoms with Gasteiger partial charge in [-0.1, -0.05) is 73.9 Å². The SMILES string of the molecule is CCN(CC)CC.CCN(CC)CC.CCN(CC)CC.O=P(O)(O)OP(=O)(O)OP(=O)(O)OC[C@H]1O[C@@H](c2nc3c(F)cc(Cl)cc3s2)[C@H](O)[C@@H]1O. The fourth-order valence-corrected chi connectivity index (χ4v) is 9.07. The lowest BCUT2D eigenvalue weighted by Crippen LogP contribution is -2.33. The molecule has 0 amide bonds. The van der Waals surface area contributed by atoms with Crippen molar-refractivity contribution in [3.63, 3.8) is 0 Å². The summed E-state index contributed by atoms with van der Waals surface area (Å²) in [5.41, 5.74) is -0.0589. The number of rotatable bonds is 17. The number of phosphoric acid groups is 3. The van der Waals surface area contributed by atoms with Crippen molar-refractivity contribution in [3.8, 4) is 0 Å². The highest BCUT2D eigenvalue weighted by Crippen LogP contribution is 2.66. The first-order valence-electron chi connectivity index (χ1n) is 17.3. The lowest BCUT2D eigenvalue weighted by Gasteiger charge is -2.19. The third kappa shape index (κ3) is 20.0. The molecule has 17 nitrogen and oxygen atoms in total. The van der Waals surface area contributed by atoms with Gasteiger partial charge in [-0.25, -0.2) is 23.1 Å². The zero-order valence-electron chi connectivity index (χ0n) is 31.9. The summed E-state index contributed by atoms with van der Waals surface area (Å²) in [6.45, 7) is 29.4. The highest BCUT2D eigenvalue weighted by molar-refractivity contribution is 7.66. The number of aliphatic hydroxyl groups is 2. The largest absolute Gasteiger partial charge is 0.490 e. The Morgan fingerprint density at radius 3 is 1.57 bits per heavy atom. The molecule has 1 saturated heterocycles. The van der Waals surface area contributed by atoms with Crippen molar-refractivity contribution in [2.24, 2.45) is 0 Å². The Bertz CT molecular complexity index is 1420. The van der Waals surface area contributed by atoms with Gasteiger partial charge in [0.15, 0.2) is 5.82 Å². The van der Waals surface area contributed by atoms with Gasteiger partial charge in [0.25, 0.3) is 0 Å². The van der Waals surface area contributed by atoms with E-state index in [4.69, 9.17) is 31.0 Å². The van der Waals surface area contributed by atoms with Crippen LogP contribution in [0.3, 0.4) is 0 Å². The van der Waals surface area contributed by atoms with Crippen molar-refractivity contribution in [2.75, 3.05) is 65.5 Å².